The van der Waals surface area contributed by atoms with Crippen molar-refractivity contribution in [3.8, 4) is 0 Å². The molecule has 0 radical (unpaired) electrons. The molecule has 0 saturated heterocycles. The molecule has 3 amide bonds. The monoisotopic (exact) mass is 481 g/mol. The van der Waals surface area contributed by atoms with Crippen LogP contribution in [0.5, 0.6) is 0 Å². The van der Waals surface area contributed by atoms with E-state index in [1.165, 1.54) is 27.9 Å². The third kappa shape index (κ3) is 4.28. The van der Waals surface area contributed by atoms with Crippen molar-refractivity contribution in [2.45, 2.75) is 12.5 Å². The summed E-state index contributed by atoms with van der Waals surface area (Å²) >= 11 is 7.10. The zero-order valence-electron chi connectivity index (χ0n) is 16.9. The van der Waals surface area contributed by atoms with Gasteiger partial charge < -0.3 is 15.2 Å². The fourth-order valence-electron chi connectivity index (χ4n) is 3.73. The summed E-state index contributed by atoms with van der Waals surface area (Å²) in [6.45, 7) is -0.224. The van der Waals surface area contributed by atoms with Crippen LogP contribution < -0.4 is 15.5 Å². The first-order chi connectivity index (χ1) is 16.0. The number of hydrogen-bond donors (Lipinski definition) is 3. The van der Waals surface area contributed by atoms with Crippen LogP contribution in [0.3, 0.4) is 0 Å². The second kappa shape index (κ2) is 8.60. The van der Waals surface area contributed by atoms with E-state index in [4.69, 9.17) is 11.6 Å². The number of rotatable bonds is 5. The van der Waals surface area contributed by atoms with Crippen molar-refractivity contribution in [2.75, 3.05) is 16.8 Å². The number of aromatic amines is 1. The zero-order chi connectivity index (χ0) is 22.9. The number of carbonyl (C=O) groups is 3. The molecule has 10 nitrogen and oxygen atoms in total. The molecule has 3 N–H and O–H groups in total. The SMILES string of the molecule is O=C(CN1C(=O)C(NC(=O)c2cc3cc(Cl)ncc3[nH]2)Cc2ccccc21)Nc1nncs1. The standard InChI is InChI=1S/C21H16ClN7O3S/c22-17-7-12-6-13(25-15(12)8-23-17)19(31)26-14-5-11-3-1-2-4-16(11)29(20(14)32)9-18(30)27-21-28-24-10-33-21/h1-4,6-8,10,14,25H,5,9H2,(H,26,31)(H,27,28,30). The fourth-order valence-corrected chi connectivity index (χ4v) is 4.36. The van der Waals surface area contributed by atoms with Gasteiger partial charge in [-0.1, -0.05) is 41.1 Å². The summed E-state index contributed by atoms with van der Waals surface area (Å²) in [7, 11) is 0. The number of anilines is 2. The molecule has 0 aliphatic carbocycles. The maximum Gasteiger partial charge on any atom is 0.268 e. The van der Waals surface area contributed by atoms with Crippen molar-refractivity contribution in [3.05, 3.63) is 64.5 Å². The summed E-state index contributed by atoms with van der Waals surface area (Å²) < 4.78 is 0. The number of para-hydroxylation sites is 1. The van der Waals surface area contributed by atoms with Crippen LogP contribution in [0.2, 0.25) is 5.15 Å². The number of pyridine rings is 1. The number of nitrogens with one attached hydrogen (secondary N) is 3. The number of aromatic nitrogens is 4. The number of halogens is 1. The zero-order valence-corrected chi connectivity index (χ0v) is 18.5. The second-order valence-electron chi connectivity index (χ2n) is 7.35. The largest absolute Gasteiger partial charge is 0.349 e. The molecule has 0 saturated carbocycles. The van der Waals surface area contributed by atoms with Crippen LogP contribution in [0.15, 0.2) is 48.1 Å². The molecule has 5 rings (SSSR count). The molecule has 33 heavy (non-hydrogen) atoms. The fraction of sp³-hybridized carbons (Fsp3) is 0.143. The van der Waals surface area contributed by atoms with Gasteiger partial charge in [-0.15, -0.1) is 10.2 Å². The number of hydrogen-bond acceptors (Lipinski definition) is 7. The van der Waals surface area contributed by atoms with Crippen LogP contribution in [-0.4, -0.2) is 50.5 Å². The van der Waals surface area contributed by atoms with E-state index in [9.17, 15) is 14.4 Å². The Kier molecular flexibility index (Phi) is 5.48. The number of nitrogens with zero attached hydrogens (tertiary/aromatic N) is 4. The summed E-state index contributed by atoms with van der Waals surface area (Å²) in [5.74, 6) is -1.24. The van der Waals surface area contributed by atoms with Crippen LogP contribution >= 0.6 is 22.9 Å². The lowest BCUT2D eigenvalue weighted by atomic mass is 9.97. The average molecular weight is 482 g/mol. The molecule has 0 bridgehead atoms. The third-order valence-corrected chi connectivity index (χ3v) is 6.01. The molecule has 1 aliphatic heterocycles. The van der Waals surface area contributed by atoms with Crippen LogP contribution in [0.1, 0.15) is 16.1 Å². The van der Waals surface area contributed by atoms with Crippen LogP contribution in [0.25, 0.3) is 10.9 Å². The van der Waals surface area contributed by atoms with Crippen molar-refractivity contribution < 1.29 is 14.4 Å². The third-order valence-electron chi connectivity index (χ3n) is 5.20. The highest BCUT2D eigenvalue weighted by atomic mass is 35.5. The highest BCUT2D eigenvalue weighted by Gasteiger charge is 2.35. The van der Waals surface area contributed by atoms with Crippen LogP contribution in [-0.2, 0) is 16.0 Å². The lowest BCUT2D eigenvalue weighted by Gasteiger charge is -2.34. The molecule has 166 valence electrons. The number of H-pyrrole nitrogens is 1. The highest BCUT2D eigenvalue weighted by Crippen LogP contribution is 2.28. The Balaban J connectivity index is 1.37. The highest BCUT2D eigenvalue weighted by molar-refractivity contribution is 7.13. The first-order valence-electron chi connectivity index (χ1n) is 9.88. The molecule has 1 aliphatic rings. The van der Waals surface area contributed by atoms with E-state index in [1.54, 1.807) is 24.3 Å². The molecule has 12 heteroatoms. The smallest absolute Gasteiger partial charge is 0.268 e. The first kappa shape index (κ1) is 21.0. The number of benzene rings is 1. The van der Waals surface area contributed by atoms with Gasteiger partial charge in [0.05, 0.1) is 11.7 Å². The quantitative estimate of drug-likeness (QED) is 0.375. The number of fused-ring (bicyclic) bond motifs is 2. The molecular formula is C21H16ClN7O3S. The van der Waals surface area contributed by atoms with Gasteiger partial charge in [0, 0.05) is 17.5 Å². The van der Waals surface area contributed by atoms with Crippen molar-refractivity contribution >= 4 is 62.4 Å². The van der Waals surface area contributed by atoms with E-state index < -0.39 is 17.9 Å². The van der Waals surface area contributed by atoms with E-state index in [-0.39, 0.29) is 18.1 Å². The van der Waals surface area contributed by atoms with E-state index in [2.05, 4.69) is 30.8 Å². The van der Waals surface area contributed by atoms with Gasteiger partial charge in [0.15, 0.2) is 0 Å². The predicted molar refractivity (Wildman–Crippen MR) is 123 cm³/mol. The Morgan fingerprint density at radius 1 is 1.27 bits per heavy atom. The Hall–Kier alpha value is -3.83. The van der Waals surface area contributed by atoms with Crippen molar-refractivity contribution in [1.82, 2.24) is 25.5 Å². The summed E-state index contributed by atoms with van der Waals surface area (Å²) in [6, 6.07) is 9.74. The molecule has 4 heterocycles. The van der Waals surface area contributed by atoms with Crippen molar-refractivity contribution in [2.24, 2.45) is 0 Å². The van der Waals surface area contributed by atoms with Gasteiger partial charge >= 0.3 is 0 Å². The Bertz CT molecular complexity index is 1370. The Morgan fingerprint density at radius 3 is 2.94 bits per heavy atom. The molecular weight excluding hydrogens is 466 g/mol. The summed E-state index contributed by atoms with van der Waals surface area (Å²) in [6.07, 6.45) is 1.84. The molecule has 1 unspecified atom stereocenters. The minimum atomic E-state index is -0.838. The first-order valence-corrected chi connectivity index (χ1v) is 11.1. The second-order valence-corrected chi connectivity index (χ2v) is 8.57. The van der Waals surface area contributed by atoms with Gasteiger partial charge in [0.1, 0.15) is 28.9 Å². The maximum atomic E-state index is 13.3. The summed E-state index contributed by atoms with van der Waals surface area (Å²) in [4.78, 5) is 47.1. The summed E-state index contributed by atoms with van der Waals surface area (Å²) in [5, 5.41) is 14.3. The van der Waals surface area contributed by atoms with Gasteiger partial charge in [-0.2, -0.15) is 0 Å². The minimum Gasteiger partial charge on any atom is -0.349 e. The van der Waals surface area contributed by atoms with Crippen molar-refractivity contribution in [3.63, 3.8) is 0 Å². The van der Waals surface area contributed by atoms with Crippen molar-refractivity contribution in [1.29, 1.82) is 0 Å². The van der Waals surface area contributed by atoms with Gasteiger partial charge in [-0.05, 0) is 23.8 Å². The van der Waals surface area contributed by atoms with Gasteiger partial charge in [-0.3, -0.25) is 19.7 Å². The lowest BCUT2D eigenvalue weighted by molar-refractivity contribution is -0.123. The molecule has 4 aromatic rings. The van der Waals surface area contributed by atoms with Gasteiger partial charge in [-0.25, -0.2) is 4.98 Å². The van der Waals surface area contributed by atoms with Gasteiger partial charge in [0.2, 0.25) is 16.9 Å². The Labute approximate surface area is 196 Å². The molecule has 0 spiro atoms. The van der Waals surface area contributed by atoms with E-state index in [1.807, 2.05) is 12.1 Å². The maximum absolute atomic E-state index is 13.3. The summed E-state index contributed by atoms with van der Waals surface area (Å²) in [5.41, 5.74) is 3.91. The minimum absolute atomic E-state index is 0.224. The molecule has 3 aromatic heterocycles. The lowest BCUT2D eigenvalue weighted by Crippen LogP contribution is -2.54. The number of carbonyl (C=O) groups excluding carboxylic acids is 3. The average Bonchev–Trinajstić information content (AvgIpc) is 3.46. The Morgan fingerprint density at radius 2 is 2.12 bits per heavy atom. The van der Waals surface area contributed by atoms with Crippen LogP contribution in [0, 0.1) is 0 Å². The molecule has 1 aromatic carbocycles. The van der Waals surface area contributed by atoms with Gasteiger partial charge in [0.25, 0.3) is 5.91 Å². The molecule has 0 fully saturated rings. The number of amides is 3. The molecule has 1 atom stereocenters. The van der Waals surface area contributed by atoms with E-state index in [0.29, 0.717) is 27.9 Å². The van der Waals surface area contributed by atoms with Crippen LogP contribution in [0.4, 0.5) is 10.8 Å². The predicted octanol–water partition coefficient (Wildman–Crippen LogP) is 2.39. The normalized spacial score (nSPS) is 15.4. The van der Waals surface area contributed by atoms with E-state index >= 15 is 0 Å². The van der Waals surface area contributed by atoms with E-state index in [0.717, 1.165) is 10.9 Å². The topological polar surface area (TPSA) is 133 Å².